The number of amides is 1. The number of benzene rings is 2. The Morgan fingerprint density at radius 3 is 2.58 bits per heavy atom. The molecule has 0 N–H and O–H groups in total. The van der Waals surface area contributed by atoms with E-state index in [0.29, 0.717) is 32.7 Å². The van der Waals surface area contributed by atoms with E-state index in [-0.39, 0.29) is 18.9 Å². The average molecular weight is 410 g/mol. The van der Waals surface area contributed by atoms with Gasteiger partial charge in [-0.2, -0.15) is 0 Å². The summed E-state index contributed by atoms with van der Waals surface area (Å²) < 4.78 is 5.73. The van der Waals surface area contributed by atoms with Gasteiger partial charge in [-0.25, -0.2) is 4.98 Å². The van der Waals surface area contributed by atoms with Gasteiger partial charge < -0.3 is 9.32 Å². The van der Waals surface area contributed by atoms with E-state index in [1.165, 1.54) is 0 Å². The molecule has 26 heavy (non-hydrogen) atoms. The minimum atomic E-state index is -0.487. The highest BCUT2D eigenvalue weighted by molar-refractivity contribution is 6.64. The molecule has 0 bridgehead atoms. The average Bonchev–Trinajstić information content (AvgIpc) is 3.19. The fraction of sp³-hybridized carbons (Fsp3) is 0.167. The van der Waals surface area contributed by atoms with Crippen molar-refractivity contribution in [1.82, 2.24) is 4.98 Å². The third-order valence-corrected chi connectivity index (χ3v) is 5.09. The Morgan fingerprint density at radius 2 is 1.92 bits per heavy atom. The molecule has 8 heteroatoms. The van der Waals surface area contributed by atoms with Gasteiger partial charge in [0, 0.05) is 29.2 Å². The maximum atomic E-state index is 12.1. The van der Waals surface area contributed by atoms with Crippen LogP contribution in [0.4, 0.5) is 5.69 Å². The van der Waals surface area contributed by atoms with Crippen molar-refractivity contribution in [3.63, 3.8) is 0 Å². The van der Waals surface area contributed by atoms with E-state index in [4.69, 9.17) is 39.2 Å². The molecule has 0 radical (unpaired) electrons. The van der Waals surface area contributed by atoms with Gasteiger partial charge in [-0.1, -0.05) is 23.2 Å². The van der Waals surface area contributed by atoms with E-state index in [1.54, 1.807) is 41.3 Å². The Labute approximate surface area is 163 Å². The fourth-order valence-electron chi connectivity index (χ4n) is 2.98. The van der Waals surface area contributed by atoms with E-state index in [2.05, 4.69) is 4.98 Å². The lowest BCUT2D eigenvalue weighted by atomic mass is 10.1. The molecule has 132 valence electrons. The smallest absolute Gasteiger partial charge is 0.227 e. The number of fused-ring (bicyclic) bond motifs is 1. The summed E-state index contributed by atoms with van der Waals surface area (Å²) in [5, 5.41) is 0.385. The number of aromatic nitrogens is 1. The topological polar surface area (TPSA) is 63.4 Å². The van der Waals surface area contributed by atoms with Crippen LogP contribution >= 0.6 is 34.8 Å². The second kappa shape index (κ2) is 6.58. The highest BCUT2D eigenvalue weighted by Crippen LogP contribution is 2.33. The first kappa shape index (κ1) is 17.3. The Balaban J connectivity index is 1.63. The standard InChI is InChI=1S/C18H11Cl3N2O3/c19-11-6-13(20)16-14(7-11)22-18(26-16)9-1-3-12(4-2-9)23-8-10(17(21)25)5-15(23)24/h1-4,6-7,10H,5,8H2/t10-/m1/s1. The number of nitrogens with zero attached hydrogens (tertiary/aromatic N) is 2. The highest BCUT2D eigenvalue weighted by atomic mass is 35.5. The molecule has 1 aliphatic heterocycles. The Kier molecular flexibility index (Phi) is 4.39. The van der Waals surface area contributed by atoms with Gasteiger partial charge in [-0.3, -0.25) is 9.59 Å². The zero-order valence-corrected chi connectivity index (χ0v) is 15.5. The second-order valence-electron chi connectivity index (χ2n) is 6.01. The van der Waals surface area contributed by atoms with Crippen molar-refractivity contribution >= 4 is 62.7 Å². The second-order valence-corrected chi connectivity index (χ2v) is 7.23. The quantitative estimate of drug-likeness (QED) is 0.576. The Bertz CT molecular complexity index is 1030. The zero-order valence-electron chi connectivity index (χ0n) is 13.2. The van der Waals surface area contributed by atoms with Crippen LogP contribution in [0.1, 0.15) is 6.42 Å². The molecule has 0 spiro atoms. The van der Waals surface area contributed by atoms with Gasteiger partial charge in [-0.05, 0) is 48.0 Å². The molecule has 4 rings (SSSR count). The van der Waals surface area contributed by atoms with Crippen LogP contribution in [0.5, 0.6) is 0 Å². The monoisotopic (exact) mass is 408 g/mol. The van der Waals surface area contributed by atoms with Gasteiger partial charge in [0.15, 0.2) is 5.58 Å². The van der Waals surface area contributed by atoms with E-state index >= 15 is 0 Å². The molecule has 0 unspecified atom stereocenters. The molecular formula is C18H11Cl3N2O3. The first-order chi connectivity index (χ1) is 12.4. The number of anilines is 1. The van der Waals surface area contributed by atoms with Crippen LogP contribution in [0, 0.1) is 5.92 Å². The normalized spacial score (nSPS) is 17.3. The van der Waals surface area contributed by atoms with Crippen LogP contribution in [-0.2, 0) is 9.59 Å². The lowest BCUT2D eigenvalue weighted by Crippen LogP contribution is -2.25. The summed E-state index contributed by atoms with van der Waals surface area (Å²) in [5.74, 6) is -0.190. The molecular weight excluding hydrogens is 399 g/mol. The predicted octanol–water partition coefficient (Wildman–Crippen LogP) is 4.92. The summed E-state index contributed by atoms with van der Waals surface area (Å²) in [5.41, 5.74) is 2.46. The Morgan fingerprint density at radius 1 is 1.19 bits per heavy atom. The Hall–Kier alpha value is -2.08. The summed E-state index contributed by atoms with van der Waals surface area (Å²) >= 11 is 17.6. The van der Waals surface area contributed by atoms with Crippen LogP contribution < -0.4 is 4.90 Å². The van der Waals surface area contributed by atoms with Gasteiger partial charge >= 0.3 is 0 Å². The number of halogens is 3. The molecule has 5 nitrogen and oxygen atoms in total. The molecule has 0 aliphatic carbocycles. The van der Waals surface area contributed by atoms with Crippen molar-refractivity contribution < 1.29 is 14.0 Å². The van der Waals surface area contributed by atoms with Gasteiger partial charge in [0.25, 0.3) is 0 Å². The van der Waals surface area contributed by atoms with E-state index in [0.717, 1.165) is 5.56 Å². The van der Waals surface area contributed by atoms with Crippen LogP contribution in [0.15, 0.2) is 40.8 Å². The van der Waals surface area contributed by atoms with Crippen molar-refractivity contribution in [1.29, 1.82) is 0 Å². The van der Waals surface area contributed by atoms with Crippen LogP contribution in [0.25, 0.3) is 22.6 Å². The number of rotatable bonds is 3. The molecule has 1 aromatic heterocycles. The summed E-state index contributed by atoms with van der Waals surface area (Å²) in [6.45, 7) is 0.289. The minimum Gasteiger partial charge on any atom is -0.435 e. The SMILES string of the molecule is O=C(Cl)[C@@H]1CC(=O)N(c2ccc(-c3nc4cc(Cl)cc(Cl)c4o3)cc2)C1. The first-order valence-corrected chi connectivity index (χ1v) is 8.91. The molecule has 2 heterocycles. The molecule has 1 fully saturated rings. The largest absolute Gasteiger partial charge is 0.435 e. The van der Waals surface area contributed by atoms with Crippen molar-refractivity contribution in [2.45, 2.75) is 6.42 Å². The minimum absolute atomic E-state index is 0.125. The number of carbonyl (C=O) groups excluding carboxylic acids is 2. The maximum Gasteiger partial charge on any atom is 0.227 e. The van der Waals surface area contributed by atoms with Crippen molar-refractivity contribution in [3.8, 4) is 11.5 Å². The summed E-state index contributed by atoms with van der Waals surface area (Å²) in [4.78, 5) is 29.3. The number of oxazole rings is 1. The molecule has 1 atom stereocenters. The summed E-state index contributed by atoms with van der Waals surface area (Å²) in [7, 11) is 0. The van der Waals surface area contributed by atoms with Gasteiger partial charge in [0.1, 0.15) is 5.52 Å². The molecule has 1 saturated heterocycles. The van der Waals surface area contributed by atoms with Gasteiger partial charge in [-0.15, -0.1) is 0 Å². The first-order valence-electron chi connectivity index (χ1n) is 7.78. The van der Waals surface area contributed by atoms with Crippen molar-refractivity contribution in [3.05, 3.63) is 46.4 Å². The molecule has 2 aromatic carbocycles. The molecule has 0 saturated carbocycles. The van der Waals surface area contributed by atoms with Gasteiger partial charge in [0.05, 0.1) is 10.9 Å². The van der Waals surface area contributed by atoms with Crippen molar-refractivity contribution in [2.75, 3.05) is 11.4 Å². The van der Waals surface area contributed by atoms with Crippen molar-refractivity contribution in [2.24, 2.45) is 5.92 Å². The third-order valence-electron chi connectivity index (χ3n) is 4.28. The summed E-state index contributed by atoms with van der Waals surface area (Å²) in [6, 6.07) is 10.4. The number of carbonyl (C=O) groups is 2. The predicted molar refractivity (Wildman–Crippen MR) is 101 cm³/mol. The number of hydrogen-bond acceptors (Lipinski definition) is 4. The highest BCUT2D eigenvalue weighted by Gasteiger charge is 2.34. The van der Waals surface area contributed by atoms with Crippen LogP contribution in [0.2, 0.25) is 10.0 Å². The van der Waals surface area contributed by atoms with Crippen LogP contribution in [-0.4, -0.2) is 22.7 Å². The van der Waals surface area contributed by atoms with E-state index in [9.17, 15) is 9.59 Å². The van der Waals surface area contributed by atoms with E-state index < -0.39 is 11.2 Å². The lowest BCUT2D eigenvalue weighted by Gasteiger charge is -2.16. The number of hydrogen-bond donors (Lipinski definition) is 0. The van der Waals surface area contributed by atoms with Crippen LogP contribution in [0.3, 0.4) is 0 Å². The van der Waals surface area contributed by atoms with E-state index in [1.807, 2.05) is 0 Å². The third kappa shape index (κ3) is 3.07. The lowest BCUT2D eigenvalue weighted by molar-refractivity contribution is -0.120. The van der Waals surface area contributed by atoms with Gasteiger partial charge in [0.2, 0.25) is 17.0 Å². The summed E-state index contributed by atoms with van der Waals surface area (Å²) in [6.07, 6.45) is 0.133. The molecule has 1 amide bonds. The molecule has 3 aromatic rings. The fourth-order valence-corrected chi connectivity index (χ4v) is 3.64. The molecule has 1 aliphatic rings. The maximum absolute atomic E-state index is 12.1. The zero-order chi connectivity index (χ0) is 18.4.